The predicted octanol–water partition coefficient (Wildman–Crippen LogP) is 18.3. The van der Waals surface area contributed by atoms with Gasteiger partial charge in [-0.1, -0.05) is 245 Å². The van der Waals surface area contributed by atoms with Crippen LogP contribution in [0.5, 0.6) is 0 Å². The van der Waals surface area contributed by atoms with E-state index in [0.717, 1.165) is 128 Å². The van der Waals surface area contributed by atoms with Crippen molar-refractivity contribution in [1.29, 1.82) is 0 Å². The summed E-state index contributed by atoms with van der Waals surface area (Å²) in [5, 5.41) is 31.6. The molecule has 0 spiro atoms. The highest BCUT2D eigenvalue weighted by atomic mass is 16.7. The average molecular weight is 1190 g/mol. The second-order valence-corrected chi connectivity index (χ2v) is 22.4. The van der Waals surface area contributed by atoms with Crippen LogP contribution in [0, 0.1) is 0 Å². The Bertz CT molecular complexity index is 1940. The van der Waals surface area contributed by atoms with Crippen molar-refractivity contribution in [1.82, 2.24) is 0 Å². The van der Waals surface area contributed by atoms with E-state index in [1.807, 2.05) is 12.2 Å². The SMILES string of the molecule is CC/C=C\C/C=C\C/C=C\C/C=C\C/C=C\C/C=C\CCC(=O)OCC(COC1OC(C(=O)O)C(O)C(O)C1OC(=O)CCCCCCCC/C=C\C/C=C\C/C=C\CCCCC)OC(=O)CCCCCCCCC/C=C\CCCCCCCC. The lowest BCUT2D eigenvalue weighted by Gasteiger charge is -2.40. The van der Waals surface area contributed by atoms with Crippen molar-refractivity contribution >= 4 is 23.9 Å². The van der Waals surface area contributed by atoms with Gasteiger partial charge in [0.2, 0.25) is 0 Å². The molecular weight excluding hydrogens is 1070 g/mol. The lowest BCUT2D eigenvalue weighted by molar-refractivity contribution is -0.301. The summed E-state index contributed by atoms with van der Waals surface area (Å²) in [7, 11) is 0. The molecule has 1 saturated heterocycles. The lowest BCUT2D eigenvalue weighted by atomic mass is 9.98. The fourth-order valence-corrected chi connectivity index (χ4v) is 9.40. The molecule has 12 heteroatoms. The minimum Gasteiger partial charge on any atom is -0.479 e. The molecule has 6 unspecified atom stereocenters. The van der Waals surface area contributed by atoms with Gasteiger partial charge in [-0.2, -0.15) is 0 Å². The number of carboxylic acids is 1. The Balaban J connectivity index is 2.72. The third-order valence-corrected chi connectivity index (χ3v) is 14.5. The number of hydrogen-bond donors (Lipinski definition) is 3. The second-order valence-electron chi connectivity index (χ2n) is 22.4. The van der Waals surface area contributed by atoms with Crippen LogP contribution in [0.25, 0.3) is 0 Å². The van der Waals surface area contributed by atoms with Gasteiger partial charge in [0.25, 0.3) is 0 Å². The molecule has 482 valence electrons. The van der Waals surface area contributed by atoms with E-state index in [2.05, 4.69) is 130 Å². The molecule has 1 heterocycles. The summed E-state index contributed by atoms with van der Waals surface area (Å²) in [6, 6.07) is 0. The molecule has 1 aliphatic heterocycles. The van der Waals surface area contributed by atoms with Crippen molar-refractivity contribution in [3.05, 3.63) is 122 Å². The van der Waals surface area contributed by atoms with Crippen LogP contribution in [0.2, 0.25) is 0 Å². The van der Waals surface area contributed by atoms with Crippen LogP contribution in [0.1, 0.15) is 265 Å². The standard InChI is InChI=1S/C73H118O12/c1-4-7-10-13-16-19-22-25-28-31-33-36-38-41-44-47-50-53-56-59-65(74)81-62-64(83-66(75)60-57-54-51-48-45-42-39-35-30-27-24-21-18-15-12-9-6-3)63-82-73-71(69(78)68(77)70(85-73)72(79)80)84-67(76)61-58-55-52-49-46-43-40-37-34-32-29-26-23-20-17-14-11-8-5-2/h7,10,16-17,19-20,25-30,33-34,36-37,41,44,50,53,64,68-71,73,77-78H,4-6,8-9,11-15,18,21-24,31-32,35,38-40,42-43,45-49,51-52,54-63H2,1-3H3,(H,79,80)/b10-7-,19-16-,20-17-,28-25-,29-26-,30-27-,36-33-,37-34-,44-41-,53-50-. The summed E-state index contributed by atoms with van der Waals surface area (Å²) < 4.78 is 28.5. The highest BCUT2D eigenvalue weighted by Crippen LogP contribution is 2.26. The molecule has 0 aromatic carbocycles. The molecule has 12 nitrogen and oxygen atoms in total. The number of hydrogen-bond acceptors (Lipinski definition) is 11. The van der Waals surface area contributed by atoms with Gasteiger partial charge >= 0.3 is 23.9 Å². The number of aliphatic carboxylic acids is 1. The van der Waals surface area contributed by atoms with E-state index in [9.17, 15) is 34.5 Å². The Morgan fingerprint density at radius 1 is 0.400 bits per heavy atom. The Morgan fingerprint density at radius 3 is 1.21 bits per heavy atom. The lowest BCUT2D eigenvalue weighted by Crippen LogP contribution is -2.61. The number of aliphatic hydroxyl groups is 2. The molecule has 0 amide bonds. The maximum atomic E-state index is 13.2. The van der Waals surface area contributed by atoms with Crippen LogP contribution in [-0.4, -0.2) is 89.2 Å². The predicted molar refractivity (Wildman–Crippen MR) is 349 cm³/mol. The zero-order valence-electron chi connectivity index (χ0n) is 53.3. The first-order valence-electron chi connectivity index (χ1n) is 33.5. The highest BCUT2D eigenvalue weighted by Gasteiger charge is 2.50. The van der Waals surface area contributed by atoms with E-state index < -0.39 is 67.3 Å². The van der Waals surface area contributed by atoms with Gasteiger partial charge in [0.1, 0.15) is 18.8 Å². The van der Waals surface area contributed by atoms with Gasteiger partial charge in [-0.25, -0.2) is 4.79 Å². The van der Waals surface area contributed by atoms with Crippen LogP contribution in [0.3, 0.4) is 0 Å². The quantitative estimate of drug-likeness (QED) is 0.0228. The number of carbonyl (C=O) groups excluding carboxylic acids is 3. The summed E-state index contributed by atoms with van der Waals surface area (Å²) in [4.78, 5) is 51.4. The summed E-state index contributed by atoms with van der Waals surface area (Å²) in [5.74, 6) is -3.26. The number of ether oxygens (including phenoxy) is 5. The Morgan fingerprint density at radius 2 is 0.765 bits per heavy atom. The molecule has 6 atom stereocenters. The zero-order valence-corrected chi connectivity index (χ0v) is 53.3. The molecule has 85 heavy (non-hydrogen) atoms. The van der Waals surface area contributed by atoms with Crippen molar-refractivity contribution < 1.29 is 58.2 Å². The fraction of sp³-hybridized carbons (Fsp3) is 0.671. The highest BCUT2D eigenvalue weighted by molar-refractivity contribution is 5.74. The van der Waals surface area contributed by atoms with Gasteiger partial charge in [0.05, 0.1) is 6.61 Å². The molecule has 3 N–H and O–H groups in total. The van der Waals surface area contributed by atoms with Gasteiger partial charge in [-0.05, 0) is 122 Å². The summed E-state index contributed by atoms with van der Waals surface area (Å²) in [5.41, 5.74) is 0. The smallest absolute Gasteiger partial charge is 0.335 e. The van der Waals surface area contributed by atoms with E-state index in [-0.39, 0.29) is 25.9 Å². The van der Waals surface area contributed by atoms with Crippen molar-refractivity contribution in [3.63, 3.8) is 0 Å². The van der Waals surface area contributed by atoms with Gasteiger partial charge < -0.3 is 39.0 Å². The number of carboxylic acid groups (broad SMARTS) is 1. The molecule has 0 aromatic rings. The fourth-order valence-electron chi connectivity index (χ4n) is 9.40. The molecule has 0 radical (unpaired) electrons. The maximum absolute atomic E-state index is 13.2. The van der Waals surface area contributed by atoms with Crippen molar-refractivity contribution in [3.8, 4) is 0 Å². The van der Waals surface area contributed by atoms with E-state index in [4.69, 9.17) is 23.7 Å². The van der Waals surface area contributed by atoms with E-state index in [1.54, 1.807) is 0 Å². The van der Waals surface area contributed by atoms with Crippen molar-refractivity contribution in [2.45, 2.75) is 302 Å². The average Bonchev–Trinajstić information content (AvgIpc) is 3.51. The molecule has 0 bridgehead atoms. The zero-order chi connectivity index (χ0) is 61.7. The first kappa shape index (κ1) is 78.1. The molecule has 0 aromatic heterocycles. The summed E-state index contributed by atoms with van der Waals surface area (Å²) >= 11 is 0. The topological polar surface area (TPSA) is 175 Å². The first-order valence-corrected chi connectivity index (χ1v) is 33.5. The Kier molecular flexibility index (Phi) is 54.6. The monoisotopic (exact) mass is 1190 g/mol. The number of allylic oxidation sites excluding steroid dienone is 20. The Hall–Kier alpha value is -4.88. The van der Waals surface area contributed by atoms with E-state index in [0.29, 0.717) is 19.3 Å². The van der Waals surface area contributed by atoms with Crippen LogP contribution >= 0.6 is 0 Å². The maximum Gasteiger partial charge on any atom is 0.335 e. The summed E-state index contributed by atoms with van der Waals surface area (Å²) in [6.45, 7) is 5.80. The minimum absolute atomic E-state index is 0.0328. The number of carbonyl (C=O) groups is 4. The third kappa shape index (κ3) is 48.9. The Labute approximate surface area is 516 Å². The van der Waals surface area contributed by atoms with E-state index in [1.165, 1.54) is 77.0 Å². The minimum atomic E-state index is -1.92. The molecule has 0 aliphatic carbocycles. The van der Waals surface area contributed by atoms with Crippen LogP contribution in [-0.2, 0) is 42.9 Å². The van der Waals surface area contributed by atoms with Crippen LogP contribution in [0.4, 0.5) is 0 Å². The molecule has 1 rings (SSSR count). The summed E-state index contributed by atoms with van der Waals surface area (Å²) in [6.07, 6.45) is 70.2. The third-order valence-electron chi connectivity index (χ3n) is 14.5. The van der Waals surface area contributed by atoms with Gasteiger partial charge in [0.15, 0.2) is 24.6 Å². The molecular formula is C73H118O12. The number of unbranched alkanes of at least 4 members (excludes halogenated alkanes) is 22. The van der Waals surface area contributed by atoms with E-state index >= 15 is 0 Å². The second kappa shape index (κ2) is 59.5. The van der Waals surface area contributed by atoms with Gasteiger partial charge in [0, 0.05) is 19.3 Å². The van der Waals surface area contributed by atoms with Crippen LogP contribution in [0.15, 0.2) is 122 Å². The number of rotatable bonds is 56. The molecule has 0 saturated carbocycles. The van der Waals surface area contributed by atoms with Gasteiger partial charge in [-0.15, -0.1) is 0 Å². The first-order chi connectivity index (χ1) is 41.6. The normalized spacial score (nSPS) is 18.2. The largest absolute Gasteiger partial charge is 0.479 e. The molecule has 1 aliphatic rings. The number of aliphatic hydroxyl groups excluding tert-OH is 2. The van der Waals surface area contributed by atoms with Crippen molar-refractivity contribution in [2.24, 2.45) is 0 Å². The van der Waals surface area contributed by atoms with Crippen LogP contribution < -0.4 is 0 Å². The van der Waals surface area contributed by atoms with Crippen molar-refractivity contribution in [2.75, 3.05) is 13.2 Å². The molecule has 1 fully saturated rings. The van der Waals surface area contributed by atoms with Gasteiger partial charge in [-0.3, -0.25) is 14.4 Å². The number of esters is 3.